The first-order valence-electron chi connectivity index (χ1n) is 6.03. The summed E-state index contributed by atoms with van der Waals surface area (Å²) in [7, 11) is -3.97. The molecule has 1 unspecified atom stereocenters. The predicted molar refractivity (Wildman–Crippen MR) is 74.5 cm³/mol. The van der Waals surface area contributed by atoms with Gasteiger partial charge in [0.15, 0.2) is 6.29 Å². The third-order valence-electron chi connectivity index (χ3n) is 2.20. The van der Waals surface area contributed by atoms with Crippen molar-refractivity contribution >= 4 is 7.82 Å². The monoisotopic (exact) mass is 294 g/mol. The maximum atomic E-state index is 12.5. The Morgan fingerprint density at radius 1 is 0.900 bits per heavy atom. The molecular formula is C14H15O5P. The van der Waals surface area contributed by atoms with Crippen LogP contribution >= 0.6 is 7.82 Å². The van der Waals surface area contributed by atoms with Crippen LogP contribution in [0.1, 0.15) is 6.92 Å². The molecule has 0 aliphatic rings. The molecule has 0 radical (unpaired) electrons. The number of aliphatic hydroxyl groups excluding tert-OH is 1. The third-order valence-corrected chi connectivity index (χ3v) is 3.63. The Morgan fingerprint density at radius 3 is 1.65 bits per heavy atom. The Kier molecular flexibility index (Phi) is 4.79. The SMILES string of the molecule is CC(O)OP(=O)(Oc1ccccc1)Oc1ccccc1. The van der Waals surface area contributed by atoms with Crippen molar-refractivity contribution in [2.24, 2.45) is 0 Å². The topological polar surface area (TPSA) is 65.0 Å². The summed E-state index contributed by atoms with van der Waals surface area (Å²) in [5.74, 6) is 0.653. The second kappa shape index (κ2) is 6.57. The highest BCUT2D eigenvalue weighted by Gasteiger charge is 2.32. The number of hydrogen-bond donors (Lipinski definition) is 1. The first-order chi connectivity index (χ1) is 9.57. The molecule has 0 aromatic heterocycles. The van der Waals surface area contributed by atoms with Gasteiger partial charge in [-0.15, -0.1) is 0 Å². The number of benzene rings is 2. The normalized spacial score (nSPS) is 12.7. The van der Waals surface area contributed by atoms with Crippen LogP contribution in [0.25, 0.3) is 0 Å². The molecule has 106 valence electrons. The molecule has 2 rings (SSSR count). The Morgan fingerprint density at radius 2 is 1.30 bits per heavy atom. The molecule has 0 amide bonds. The van der Waals surface area contributed by atoms with E-state index in [1.807, 2.05) is 0 Å². The van der Waals surface area contributed by atoms with Gasteiger partial charge < -0.3 is 14.2 Å². The molecule has 0 bridgehead atoms. The zero-order chi connectivity index (χ0) is 14.4. The van der Waals surface area contributed by atoms with Crippen molar-refractivity contribution in [2.75, 3.05) is 0 Å². The van der Waals surface area contributed by atoms with Gasteiger partial charge in [-0.1, -0.05) is 36.4 Å². The number of rotatable bonds is 6. The maximum Gasteiger partial charge on any atom is 0.589 e. The van der Waals surface area contributed by atoms with Gasteiger partial charge in [0.05, 0.1) is 0 Å². The van der Waals surface area contributed by atoms with E-state index in [1.165, 1.54) is 6.92 Å². The van der Waals surface area contributed by atoms with Crippen LogP contribution in [0.15, 0.2) is 60.7 Å². The molecule has 2 aromatic carbocycles. The van der Waals surface area contributed by atoms with Crippen LogP contribution in [-0.2, 0) is 9.09 Å². The summed E-state index contributed by atoms with van der Waals surface area (Å²) >= 11 is 0. The lowest BCUT2D eigenvalue weighted by Crippen LogP contribution is -2.11. The third kappa shape index (κ3) is 4.38. The van der Waals surface area contributed by atoms with E-state index in [9.17, 15) is 9.67 Å². The summed E-state index contributed by atoms with van der Waals surface area (Å²) in [6, 6.07) is 17.0. The fraction of sp³-hybridized carbons (Fsp3) is 0.143. The molecule has 6 heteroatoms. The van der Waals surface area contributed by atoms with Crippen molar-refractivity contribution < 1.29 is 23.2 Å². The van der Waals surface area contributed by atoms with E-state index in [1.54, 1.807) is 60.7 Å². The average molecular weight is 294 g/mol. The molecule has 2 aromatic rings. The molecule has 1 N–H and O–H groups in total. The van der Waals surface area contributed by atoms with Crippen molar-refractivity contribution in [2.45, 2.75) is 13.2 Å². The molecule has 5 nitrogen and oxygen atoms in total. The van der Waals surface area contributed by atoms with Gasteiger partial charge in [0.2, 0.25) is 0 Å². The molecule has 0 saturated carbocycles. The fourth-order valence-corrected chi connectivity index (χ4v) is 2.73. The lowest BCUT2D eigenvalue weighted by Gasteiger charge is -2.20. The summed E-state index contributed by atoms with van der Waals surface area (Å²) < 4.78 is 28.0. The second-order valence-electron chi connectivity index (χ2n) is 3.96. The zero-order valence-electron chi connectivity index (χ0n) is 10.9. The number of phosphoric ester groups is 1. The minimum atomic E-state index is -3.97. The van der Waals surface area contributed by atoms with Crippen LogP contribution in [0.5, 0.6) is 11.5 Å². The first kappa shape index (κ1) is 14.6. The van der Waals surface area contributed by atoms with Crippen molar-refractivity contribution in [1.29, 1.82) is 0 Å². The Bertz CT molecular complexity index is 525. The van der Waals surface area contributed by atoms with Gasteiger partial charge in [-0.2, -0.15) is 0 Å². The molecule has 0 heterocycles. The van der Waals surface area contributed by atoms with Crippen LogP contribution in [0.4, 0.5) is 0 Å². The molecule has 0 saturated heterocycles. The Labute approximate surface area is 117 Å². The highest BCUT2D eigenvalue weighted by Crippen LogP contribution is 2.50. The van der Waals surface area contributed by atoms with E-state index in [4.69, 9.17) is 13.6 Å². The summed E-state index contributed by atoms with van der Waals surface area (Å²) in [6.45, 7) is 1.33. The standard InChI is InChI=1S/C14H15O5P/c1-12(15)17-20(16,18-13-8-4-2-5-9-13)19-14-10-6-3-7-11-14/h2-12,15H,1H3. The summed E-state index contributed by atoms with van der Waals surface area (Å²) in [4.78, 5) is 0. The molecule has 1 atom stereocenters. The van der Waals surface area contributed by atoms with E-state index >= 15 is 0 Å². The highest BCUT2D eigenvalue weighted by atomic mass is 31.2. The second-order valence-corrected chi connectivity index (χ2v) is 5.43. The maximum absolute atomic E-state index is 12.5. The number of phosphoric acid groups is 1. The van der Waals surface area contributed by atoms with Gasteiger partial charge >= 0.3 is 7.82 Å². The van der Waals surface area contributed by atoms with Gasteiger partial charge in [0.1, 0.15) is 11.5 Å². The smallest absolute Gasteiger partial charge is 0.395 e. The molecule has 0 aliphatic heterocycles. The van der Waals surface area contributed by atoms with Gasteiger partial charge in [-0.05, 0) is 31.2 Å². The van der Waals surface area contributed by atoms with Gasteiger partial charge in [-0.3, -0.25) is 0 Å². The van der Waals surface area contributed by atoms with Crippen molar-refractivity contribution in [1.82, 2.24) is 0 Å². The quantitative estimate of drug-likeness (QED) is 0.651. The average Bonchev–Trinajstić information content (AvgIpc) is 2.39. The van der Waals surface area contributed by atoms with Crippen LogP contribution in [0, 0.1) is 0 Å². The number of aliphatic hydroxyl groups is 1. The van der Waals surface area contributed by atoms with E-state index in [2.05, 4.69) is 0 Å². The van der Waals surface area contributed by atoms with E-state index in [0.717, 1.165) is 0 Å². The van der Waals surface area contributed by atoms with Gasteiger partial charge in [0.25, 0.3) is 0 Å². The van der Waals surface area contributed by atoms with Gasteiger partial charge in [0, 0.05) is 0 Å². The lowest BCUT2D eigenvalue weighted by molar-refractivity contribution is -0.0175. The minimum Gasteiger partial charge on any atom is -0.395 e. The van der Waals surface area contributed by atoms with E-state index in [0.29, 0.717) is 11.5 Å². The molecule has 0 fully saturated rings. The molecule has 0 aliphatic carbocycles. The fourth-order valence-electron chi connectivity index (χ4n) is 1.47. The molecule has 20 heavy (non-hydrogen) atoms. The summed E-state index contributed by atoms with van der Waals surface area (Å²) in [6.07, 6.45) is -1.28. The number of hydrogen-bond acceptors (Lipinski definition) is 5. The van der Waals surface area contributed by atoms with Crippen molar-refractivity contribution in [3.63, 3.8) is 0 Å². The Balaban J connectivity index is 2.19. The largest absolute Gasteiger partial charge is 0.589 e. The van der Waals surface area contributed by atoms with Crippen LogP contribution in [-0.4, -0.2) is 11.4 Å². The summed E-state index contributed by atoms with van der Waals surface area (Å²) in [5.41, 5.74) is 0. The molecule has 0 spiro atoms. The van der Waals surface area contributed by atoms with E-state index in [-0.39, 0.29) is 0 Å². The Hall–Kier alpha value is -1.81. The zero-order valence-corrected chi connectivity index (χ0v) is 11.8. The predicted octanol–water partition coefficient (Wildman–Crippen LogP) is 3.61. The minimum absolute atomic E-state index is 0.326. The van der Waals surface area contributed by atoms with Gasteiger partial charge in [-0.25, -0.2) is 9.09 Å². The van der Waals surface area contributed by atoms with Crippen LogP contribution < -0.4 is 9.05 Å². The van der Waals surface area contributed by atoms with E-state index < -0.39 is 14.1 Å². The first-order valence-corrected chi connectivity index (χ1v) is 7.49. The van der Waals surface area contributed by atoms with Crippen molar-refractivity contribution in [3.05, 3.63) is 60.7 Å². The van der Waals surface area contributed by atoms with Crippen molar-refractivity contribution in [3.8, 4) is 11.5 Å². The van der Waals surface area contributed by atoms with Crippen LogP contribution in [0.3, 0.4) is 0 Å². The molecular weight excluding hydrogens is 279 g/mol. The summed E-state index contributed by atoms with van der Waals surface area (Å²) in [5, 5.41) is 9.29. The number of para-hydroxylation sites is 2. The lowest BCUT2D eigenvalue weighted by atomic mass is 10.3. The van der Waals surface area contributed by atoms with Crippen LogP contribution in [0.2, 0.25) is 0 Å². The highest BCUT2D eigenvalue weighted by molar-refractivity contribution is 7.49.